The minimum atomic E-state index is 0.282. The molecule has 1 N–H and O–H groups in total. The van der Waals surface area contributed by atoms with E-state index >= 15 is 0 Å². The third kappa shape index (κ3) is 3.11. The van der Waals surface area contributed by atoms with Crippen molar-refractivity contribution in [1.82, 2.24) is 5.32 Å². The molecule has 1 heterocycles. The summed E-state index contributed by atoms with van der Waals surface area (Å²) in [6, 6.07) is 6.33. The monoisotopic (exact) mass is 237 g/mol. The molecular formula is C13H19NO3. The Kier molecular flexibility index (Phi) is 4.23. The second-order valence-corrected chi connectivity index (χ2v) is 3.99. The molecular weight excluding hydrogens is 218 g/mol. The number of benzene rings is 1. The third-order valence-corrected chi connectivity index (χ3v) is 2.80. The second-order valence-electron chi connectivity index (χ2n) is 3.99. The molecule has 0 bridgehead atoms. The van der Waals surface area contributed by atoms with Crippen LogP contribution in [0.5, 0.6) is 11.5 Å². The Labute approximate surface area is 102 Å². The van der Waals surface area contributed by atoms with Gasteiger partial charge in [0.2, 0.25) is 6.79 Å². The highest BCUT2D eigenvalue weighted by atomic mass is 16.7. The predicted octanol–water partition coefficient (Wildman–Crippen LogP) is 2.10. The lowest BCUT2D eigenvalue weighted by molar-refractivity contribution is 0.147. The van der Waals surface area contributed by atoms with Crippen LogP contribution in [0.3, 0.4) is 0 Å². The molecule has 1 aromatic carbocycles. The molecule has 17 heavy (non-hydrogen) atoms. The molecule has 0 fully saturated rings. The topological polar surface area (TPSA) is 39.7 Å². The van der Waals surface area contributed by atoms with E-state index in [1.807, 2.05) is 19.1 Å². The van der Waals surface area contributed by atoms with Crippen LogP contribution in [-0.2, 0) is 4.74 Å². The van der Waals surface area contributed by atoms with Crippen LogP contribution in [0.4, 0.5) is 0 Å². The molecule has 0 saturated carbocycles. The lowest BCUT2D eigenvalue weighted by Crippen LogP contribution is -2.23. The van der Waals surface area contributed by atoms with Crippen molar-refractivity contribution in [1.29, 1.82) is 0 Å². The maximum absolute atomic E-state index is 5.36. The molecule has 94 valence electrons. The highest BCUT2D eigenvalue weighted by molar-refractivity contribution is 5.45. The van der Waals surface area contributed by atoms with Gasteiger partial charge in [-0.2, -0.15) is 0 Å². The van der Waals surface area contributed by atoms with Crippen molar-refractivity contribution in [3.63, 3.8) is 0 Å². The van der Waals surface area contributed by atoms with Gasteiger partial charge in [0.25, 0.3) is 0 Å². The number of nitrogens with one attached hydrogen (secondary N) is 1. The molecule has 2 rings (SSSR count). The van der Waals surface area contributed by atoms with Crippen molar-refractivity contribution in [3.8, 4) is 11.5 Å². The van der Waals surface area contributed by atoms with E-state index < -0.39 is 0 Å². The summed E-state index contributed by atoms with van der Waals surface area (Å²) < 4.78 is 15.9. The summed E-state index contributed by atoms with van der Waals surface area (Å²) in [5.41, 5.74) is 1.20. The molecule has 0 radical (unpaired) electrons. The van der Waals surface area contributed by atoms with Crippen molar-refractivity contribution in [2.45, 2.75) is 19.9 Å². The Morgan fingerprint density at radius 2 is 2.18 bits per heavy atom. The van der Waals surface area contributed by atoms with E-state index in [2.05, 4.69) is 18.3 Å². The van der Waals surface area contributed by atoms with Crippen LogP contribution in [0, 0.1) is 0 Å². The summed E-state index contributed by atoms with van der Waals surface area (Å²) in [4.78, 5) is 0. The van der Waals surface area contributed by atoms with Crippen molar-refractivity contribution in [3.05, 3.63) is 23.8 Å². The third-order valence-electron chi connectivity index (χ3n) is 2.80. The molecule has 0 aromatic heterocycles. The SMILES string of the molecule is CCOCCNC(C)c1ccc2c(c1)OCO2. The van der Waals surface area contributed by atoms with Crippen LogP contribution < -0.4 is 14.8 Å². The number of hydrogen-bond donors (Lipinski definition) is 1. The molecule has 1 atom stereocenters. The quantitative estimate of drug-likeness (QED) is 0.769. The molecule has 0 aliphatic carbocycles. The van der Waals surface area contributed by atoms with E-state index in [9.17, 15) is 0 Å². The lowest BCUT2D eigenvalue weighted by atomic mass is 10.1. The van der Waals surface area contributed by atoms with E-state index in [4.69, 9.17) is 14.2 Å². The summed E-state index contributed by atoms with van der Waals surface area (Å²) >= 11 is 0. The van der Waals surface area contributed by atoms with Gasteiger partial charge in [-0.1, -0.05) is 6.07 Å². The van der Waals surface area contributed by atoms with E-state index in [0.29, 0.717) is 6.79 Å². The fraction of sp³-hybridized carbons (Fsp3) is 0.538. The first-order valence-corrected chi connectivity index (χ1v) is 6.02. The Bertz CT molecular complexity index is 368. The molecule has 0 spiro atoms. The summed E-state index contributed by atoms with van der Waals surface area (Å²) in [5.74, 6) is 1.66. The molecule has 1 aliphatic rings. The van der Waals surface area contributed by atoms with Gasteiger partial charge in [0.05, 0.1) is 6.61 Å². The molecule has 1 aliphatic heterocycles. The molecule has 0 amide bonds. The van der Waals surface area contributed by atoms with Crippen LogP contribution in [0.25, 0.3) is 0 Å². The van der Waals surface area contributed by atoms with Gasteiger partial charge in [-0.05, 0) is 31.5 Å². The first-order chi connectivity index (χ1) is 8.31. The molecule has 4 nitrogen and oxygen atoms in total. The van der Waals surface area contributed by atoms with Crippen LogP contribution in [0.15, 0.2) is 18.2 Å². The van der Waals surface area contributed by atoms with Crippen LogP contribution in [-0.4, -0.2) is 26.6 Å². The van der Waals surface area contributed by atoms with Gasteiger partial charge < -0.3 is 19.5 Å². The second kappa shape index (κ2) is 5.89. The Morgan fingerprint density at radius 1 is 1.35 bits per heavy atom. The minimum Gasteiger partial charge on any atom is -0.454 e. The summed E-state index contributed by atoms with van der Waals surface area (Å²) in [5, 5.41) is 3.40. The van der Waals surface area contributed by atoms with E-state index in [1.54, 1.807) is 0 Å². The number of hydrogen-bond acceptors (Lipinski definition) is 4. The van der Waals surface area contributed by atoms with E-state index in [1.165, 1.54) is 5.56 Å². The standard InChI is InChI=1S/C13H19NO3/c1-3-15-7-6-14-10(2)11-4-5-12-13(8-11)17-9-16-12/h4-5,8,10,14H,3,6-7,9H2,1-2H3. The lowest BCUT2D eigenvalue weighted by Gasteiger charge is -2.14. The van der Waals surface area contributed by atoms with Crippen molar-refractivity contribution < 1.29 is 14.2 Å². The normalized spacial score (nSPS) is 14.9. The van der Waals surface area contributed by atoms with Crippen molar-refractivity contribution >= 4 is 0 Å². The van der Waals surface area contributed by atoms with Gasteiger partial charge in [-0.15, -0.1) is 0 Å². The molecule has 1 aromatic rings. The fourth-order valence-electron chi connectivity index (χ4n) is 1.79. The molecule has 0 saturated heterocycles. The predicted molar refractivity (Wildman–Crippen MR) is 65.5 cm³/mol. The fourth-order valence-corrected chi connectivity index (χ4v) is 1.79. The van der Waals surface area contributed by atoms with Crippen LogP contribution in [0.1, 0.15) is 25.5 Å². The smallest absolute Gasteiger partial charge is 0.231 e. The first kappa shape index (κ1) is 12.2. The Hall–Kier alpha value is -1.26. The number of ether oxygens (including phenoxy) is 3. The highest BCUT2D eigenvalue weighted by Crippen LogP contribution is 2.33. The van der Waals surface area contributed by atoms with Crippen molar-refractivity contribution in [2.75, 3.05) is 26.6 Å². The van der Waals surface area contributed by atoms with E-state index in [0.717, 1.165) is 31.3 Å². The summed E-state index contributed by atoms with van der Waals surface area (Å²) in [6.45, 7) is 6.81. The van der Waals surface area contributed by atoms with Crippen LogP contribution in [0.2, 0.25) is 0 Å². The number of rotatable bonds is 6. The van der Waals surface area contributed by atoms with Gasteiger partial charge in [-0.25, -0.2) is 0 Å². The van der Waals surface area contributed by atoms with Gasteiger partial charge in [0.15, 0.2) is 11.5 Å². The first-order valence-electron chi connectivity index (χ1n) is 6.02. The van der Waals surface area contributed by atoms with Gasteiger partial charge >= 0.3 is 0 Å². The zero-order valence-electron chi connectivity index (χ0n) is 10.4. The highest BCUT2D eigenvalue weighted by Gasteiger charge is 2.15. The summed E-state index contributed by atoms with van der Waals surface area (Å²) in [6.07, 6.45) is 0. The average Bonchev–Trinajstić information content (AvgIpc) is 2.81. The van der Waals surface area contributed by atoms with Crippen molar-refractivity contribution in [2.24, 2.45) is 0 Å². The number of fused-ring (bicyclic) bond motifs is 1. The zero-order chi connectivity index (χ0) is 12.1. The minimum absolute atomic E-state index is 0.282. The Morgan fingerprint density at radius 3 is 3.00 bits per heavy atom. The van der Waals surface area contributed by atoms with Gasteiger partial charge in [-0.3, -0.25) is 0 Å². The molecule has 1 unspecified atom stereocenters. The van der Waals surface area contributed by atoms with Gasteiger partial charge in [0.1, 0.15) is 0 Å². The summed E-state index contributed by atoms with van der Waals surface area (Å²) in [7, 11) is 0. The zero-order valence-corrected chi connectivity index (χ0v) is 10.4. The maximum atomic E-state index is 5.36. The maximum Gasteiger partial charge on any atom is 0.231 e. The van der Waals surface area contributed by atoms with Gasteiger partial charge in [0, 0.05) is 19.2 Å². The molecule has 4 heteroatoms. The Balaban J connectivity index is 1.88. The largest absolute Gasteiger partial charge is 0.454 e. The van der Waals surface area contributed by atoms with Crippen LogP contribution >= 0.6 is 0 Å². The van der Waals surface area contributed by atoms with E-state index in [-0.39, 0.29) is 6.04 Å². The average molecular weight is 237 g/mol.